The van der Waals surface area contributed by atoms with Crippen LogP contribution in [0.5, 0.6) is 5.88 Å². The van der Waals surface area contributed by atoms with Gasteiger partial charge in [0.1, 0.15) is 0 Å². The highest BCUT2D eigenvalue weighted by Crippen LogP contribution is 2.33. The minimum absolute atomic E-state index is 0.0829. The fourth-order valence-corrected chi connectivity index (χ4v) is 3.78. The summed E-state index contributed by atoms with van der Waals surface area (Å²) in [5.41, 5.74) is -1.02. The molecule has 0 aliphatic carbocycles. The Morgan fingerprint density at radius 3 is 2.66 bits per heavy atom. The predicted molar refractivity (Wildman–Crippen MR) is 111 cm³/mol. The Labute approximate surface area is 183 Å². The zero-order valence-corrected chi connectivity index (χ0v) is 17.4. The van der Waals surface area contributed by atoms with Crippen molar-refractivity contribution in [1.29, 1.82) is 0 Å². The van der Waals surface area contributed by atoms with Crippen molar-refractivity contribution < 1.29 is 22.7 Å². The van der Waals surface area contributed by atoms with E-state index in [0.717, 1.165) is 16.4 Å². The summed E-state index contributed by atoms with van der Waals surface area (Å²) < 4.78 is 47.5. The molecule has 166 valence electrons. The minimum Gasteiger partial charge on any atom is -0.480 e. The van der Waals surface area contributed by atoms with Gasteiger partial charge in [-0.15, -0.1) is 10.2 Å². The molecule has 0 bridgehead atoms. The Balaban J connectivity index is 1.44. The van der Waals surface area contributed by atoms with Crippen LogP contribution in [0.2, 0.25) is 0 Å². The van der Waals surface area contributed by atoms with Crippen LogP contribution in [0.25, 0.3) is 16.0 Å². The van der Waals surface area contributed by atoms with Gasteiger partial charge in [0, 0.05) is 19.2 Å². The molecule has 3 heterocycles. The number of hydrogen-bond acceptors (Lipinski definition) is 8. The van der Waals surface area contributed by atoms with Crippen LogP contribution in [0.15, 0.2) is 42.6 Å². The molecule has 0 saturated heterocycles. The Morgan fingerprint density at radius 1 is 1.16 bits per heavy atom. The van der Waals surface area contributed by atoms with Crippen LogP contribution in [-0.2, 0) is 6.18 Å². The lowest BCUT2D eigenvalue weighted by molar-refractivity contribution is -0.143. The fourth-order valence-electron chi connectivity index (χ4n) is 2.88. The lowest BCUT2D eigenvalue weighted by Crippen LogP contribution is -2.30. The molecule has 0 atom stereocenters. The van der Waals surface area contributed by atoms with Crippen LogP contribution in [0.3, 0.4) is 0 Å². The summed E-state index contributed by atoms with van der Waals surface area (Å²) in [6, 6.07) is 10.2. The average Bonchev–Trinajstić information content (AvgIpc) is 3.41. The SMILES string of the molecule is COc1ccc(-n2ncc(C(=O)NCCNc3nc4ccccc4s3)c2C(F)(F)F)nn1. The zero-order valence-electron chi connectivity index (χ0n) is 16.6. The van der Waals surface area contributed by atoms with E-state index in [0.29, 0.717) is 9.81 Å². The van der Waals surface area contributed by atoms with Gasteiger partial charge in [-0.3, -0.25) is 4.79 Å². The molecule has 13 heteroatoms. The lowest BCUT2D eigenvalue weighted by atomic mass is 10.2. The van der Waals surface area contributed by atoms with E-state index < -0.39 is 23.3 Å². The third kappa shape index (κ3) is 4.46. The molecule has 0 aliphatic heterocycles. The highest BCUT2D eigenvalue weighted by atomic mass is 32.1. The number of carbonyl (C=O) groups is 1. The van der Waals surface area contributed by atoms with Gasteiger partial charge in [-0.25, -0.2) is 9.67 Å². The minimum atomic E-state index is -4.84. The highest BCUT2D eigenvalue weighted by Gasteiger charge is 2.41. The van der Waals surface area contributed by atoms with Gasteiger partial charge in [0.2, 0.25) is 5.88 Å². The number of amides is 1. The molecule has 32 heavy (non-hydrogen) atoms. The molecule has 4 aromatic rings. The number of rotatable bonds is 7. The van der Waals surface area contributed by atoms with Crippen molar-refractivity contribution in [3.8, 4) is 11.7 Å². The molecule has 9 nitrogen and oxygen atoms in total. The van der Waals surface area contributed by atoms with Crippen LogP contribution in [-0.4, -0.2) is 51.1 Å². The fraction of sp³-hybridized carbons (Fsp3) is 0.211. The number of halogens is 3. The largest absolute Gasteiger partial charge is 0.480 e. The molecule has 0 spiro atoms. The molecule has 3 aromatic heterocycles. The summed E-state index contributed by atoms with van der Waals surface area (Å²) >= 11 is 1.44. The maximum Gasteiger partial charge on any atom is 0.434 e. The normalized spacial score (nSPS) is 11.5. The van der Waals surface area contributed by atoms with Gasteiger partial charge in [0.05, 0.1) is 29.1 Å². The molecule has 0 radical (unpaired) electrons. The van der Waals surface area contributed by atoms with E-state index >= 15 is 0 Å². The molecule has 1 amide bonds. The number of methoxy groups -OCH3 is 1. The second kappa shape index (κ2) is 8.78. The van der Waals surface area contributed by atoms with Gasteiger partial charge >= 0.3 is 6.18 Å². The van der Waals surface area contributed by atoms with Gasteiger partial charge in [0.25, 0.3) is 5.91 Å². The third-order valence-corrected chi connectivity index (χ3v) is 5.31. The number of para-hydroxylation sites is 1. The van der Waals surface area contributed by atoms with E-state index in [1.54, 1.807) is 0 Å². The number of anilines is 1. The number of hydrogen-bond donors (Lipinski definition) is 2. The van der Waals surface area contributed by atoms with Gasteiger partial charge in [-0.1, -0.05) is 23.5 Å². The number of benzene rings is 1. The van der Waals surface area contributed by atoms with Crippen molar-refractivity contribution in [2.24, 2.45) is 0 Å². The number of fused-ring (bicyclic) bond motifs is 1. The summed E-state index contributed by atoms with van der Waals surface area (Å²) in [6.45, 7) is 0.366. The Hall–Kier alpha value is -3.74. The first-order valence-corrected chi connectivity index (χ1v) is 10.1. The summed E-state index contributed by atoms with van der Waals surface area (Å²) in [4.78, 5) is 16.8. The third-order valence-electron chi connectivity index (χ3n) is 4.32. The highest BCUT2D eigenvalue weighted by molar-refractivity contribution is 7.22. The molecule has 0 fully saturated rings. The molecular weight excluding hydrogens is 447 g/mol. The van der Waals surface area contributed by atoms with Crippen molar-refractivity contribution in [2.45, 2.75) is 6.18 Å². The lowest BCUT2D eigenvalue weighted by Gasteiger charge is -2.12. The average molecular weight is 463 g/mol. The first kappa shape index (κ1) is 21.5. The second-order valence-corrected chi connectivity index (χ2v) is 7.45. The van der Waals surface area contributed by atoms with E-state index in [1.165, 1.54) is 30.6 Å². The van der Waals surface area contributed by atoms with Crippen molar-refractivity contribution >= 4 is 32.6 Å². The topological polar surface area (TPSA) is 107 Å². The molecule has 4 rings (SSSR count). The molecular formula is C19H16F3N7O2S. The molecule has 0 aliphatic rings. The van der Waals surface area contributed by atoms with Crippen molar-refractivity contribution in [3.63, 3.8) is 0 Å². The Kier molecular flexibility index (Phi) is 5.90. The summed E-state index contributed by atoms with van der Waals surface area (Å²) in [5.74, 6) is -0.973. The van der Waals surface area contributed by atoms with E-state index in [-0.39, 0.29) is 24.8 Å². The van der Waals surface area contributed by atoms with Crippen LogP contribution in [0, 0.1) is 0 Å². The summed E-state index contributed by atoms with van der Waals surface area (Å²) in [7, 11) is 1.35. The maximum atomic E-state index is 13.7. The Morgan fingerprint density at radius 2 is 1.97 bits per heavy atom. The standard InChI is InChI=1S/C19H16F3N7O2S/c1-31-15-7-6-14(27-28-15)29-16(19(20,21)22)11(10-25-29)17(30)23-8-9-24-18-26-12-4-2-3-5-13(12)32-18/h2-7,10H,8-9H2,1H3,(H,23,30)(H,24,26). The molecule has 1 aromatic carbocycles. The first-order chi connectivity index (χ1) is 15.4. The zero-order chi connectivity index (χ0) is 22.7. The number of nitrogens with one attached hydrogen (secondary N) is 2. The number of carbonyl (C=O) groups excluding carboxylic acids is 1. The van der Waals surface area contributed by atoms with Gasteiger partial charge in [-0.05, 0) is 18.2 Å². The van der Waals surface area contributed by atoms with Crippen molar-refractivity contribution in [3.05, 3.63) is 53.9 Å². The predicted octanol–water partition coefficient (Wildman–Crippen LogP) is 3.14. The number of nitrogens with zero attached hydrogens (tertiary/aromatic N) is 5. The first-order valence-electron chi connectivity index (χ1n) is 9.28. The second-order valence-electron chi connectivity index (χ2n) is 6.42. The molecule has 0 saturated carbocycles. The van der Waals surface area contributed by atoms with Gasteiger partial charge in [0.15, 0.2) is 16.6 Å². The van der Waals surface area contributed by atoms with E-state index in [1.807, 2.05) is 24.3 Å². The molecule has 2 N–H and O–H groups in total. The Bertz CT molecular complexity index is 1200. The number of alkyl halides is 3. The van der Waals surface area contributed by atoms with Crippen molar-refractivity contribution in [1.82, 2.24) is 30.3 Å². The van der Waals surface area contributed by atoms with Crippen molar-refractivity contribution in [2.75, 3.05) is 25.5 Å². The van der Waals surface area contributed by atoms with E-state index in [4.69, 9.17) is 4.74 Å². The van der Waals surface area contributed by atoms with E-state index in [2.05, 4.69) is 30.9 Å². The van der Waals surface area contributed by atoms with Gasteiger partial charge in [-0.2, -0.15) is 18.3 Å². The summed E-state index contributed by atoms with van der Waals surface area (Å²) in [5, 5.41) is 17.2. The van der Waals surface area contributed by atoms with Crippen LogP contribution in [0.4, 0.5) is 18.3 Å². The van der Waals surface area contributed by atoms with E-state index in [9.17, 15) is 18.0 Å². The van der Waals surface area contributed by atoms with Gasteiger partial charge < -0.3 is 15.4 Å². The quantitative estimate of drug-likeness (QED) is 0.406. The summed E-state index contributed by atoms with van der Waals surface area (Å²) in [6.07, 6.45) is -3.99. The maximum absolute atomic E-state index is 13.7. The number of aromatic nitrogens is 5. The number of ether oxygens (including phenoxy) is 1. The smallest absolute Gasteiger partial charge is 0.434 e. The monoisotopic (exact) mass is 463 g/mol. The number of thiazole rings is 1. The van der Waals surface area contributed by atoms with Crippen LogP contribution in [0.1, 0.15) is 16.1 Å². The van der Waals surface area contributed by atoms with Crippen LogP contribution < -0.4 is 15.4 Å². The van der Waals surface area contributed by atoms with Crippen LogP contribution >= 0.6 is 11.3 Å². The molecule has 0 unspecified atom stereocenters.